The number of aliphatic carboxylic acids is 1. The molecule has 0 unspecified atom stereocenters. The number of nitrogens with zero attached hydrogens (tertiary/aromatic N) is 1. The minimum atomic E-state index is -1.17. The van der Waals surface area contributed by atoms with Crippen LogP contribution in [0, 0.1) is 0 Å². The van der Waals surface area contributed by atoms with Gasteiger partial charge in [-0.15, -0.1) is 0 Å². The average Bonchev–Trinajstić information content (AvgIpc) is 2.93. The fourth-order valence-electron chi connectivity index (χ4n) is 2.47. The van der Waals surface area contributed by atoms with Gasteiger partial charge in [0.15, 0.2) is 24.7 Å². The number of rotatable bonds is 9. The summed E-state index contributed by atoms with van der Waals surface area (Å²) in [6.07, 6.45) is 0.374. The van der Waals surface area contributed by atoms with Crippen molar-refractivity contribution in [3.05, 3.63) is 18.2 Å². The average molecular weight is 408 g/mol. The van der Waals surface area contributed by atoms with Crippen molar-refractivity contribution in [2.45, 2.75) is 39.2 Å². The van der Waals surface area contributed by atoms with Gasteiger partial charge in [-0.1, -0.05) is 0 Å². The smallest absolute Gasteiger partial charge is 0.344 e. The number of carbonyl (C=O) groups excluding carboxylic acids is 3. The van der Waals surface area contributed by atoms with E-state index in [0.717, 1.165) is 4.90 Å². The normalized spacial score (nSPS) is 14.0. The number of likely N-dealkylation sites (tertiary alicyclic amines) is 1. The monoisotopic (exact) mass is 408 g/mol. The molecule has 0 saturated carbocycles. The highest BCUT2D eigenvalue weighted by Gasteiger charge is 2.28. The van der Waals surface area contributed by atoms with Gasteiger partial charge >= 0.3 is 11.9 Å². The Kier molecular flexibility index (Phi) is 7.03. The van der Waals surface area contributed by atoms with Gasteiger partial charge in [0.2, 0.25) is 11.8 Å². The van der Waals surface area contributed by atoms with Crippen molar-refractivity contribution < 1.29 is 38.5 Å². The topological polar surface area (TPSA) is 131 Å². The van der Waals surface area contributed by atoms with E-state index in [-0.39, 0.29) is 42.8 Å². The Bertz CT molecular complexity index is 784. The van der Waals surface area contributed by atoms with Crippen molar-refractivity contribution in [2.24, 2.45) is 0 Å². The molecule has 0 bridgehead atoms. The number of amides is 2. The number of esters is 1. The largest absolute Gasteiger partial charge is 0.479 e. The highest BCUT2D eigenvalue weighted by Crippen LogP contribution is 2.31. The summed E-state index contributed by atoms with van der Waals surface area (Å²) in [6, 6.07) is 4.51. The van der Waals surface area contributed by atoms with Crippen LogP contribution in [-0.2, 0) is 23.9 Å². The molecule has 10 heteroatoms. The van der Waals surface area contributed by atoms with E-state index in [1.807, 2.05) is 0 Å². The molecule has 1 aliphatic heterocycles. The van der Waals surface area contributed by atoms with Crippen LogP contribution in [0.25, 0.3) is 0 Å². The Labute approximate surface area is 167 Å². The maximum atomic E-state index is 11.9. The first-order chi connectivity index (χ1) is 13.5. The van der Waals surface area contributed by atoms with Gasteiger partial charge in [0.25, 0.3) is 0 Å². The van der Waals surface area contributed by atoms with Crippen molar-refractivity contribution in [1.29, 1.82) is 0 Å². The molecular formula is C19H24N2O8. The van der Waals surface area contributed by atoms with Gasteiger partial charge in [-0.2, -0.15) is 0 Å². The van der Waals surface area contributed by atoms with E-state index in [9.17, 15) is 19.2 Å². The van der Waals surface area contributed by atoms with Crippen LogP contribution in [0.1, 0.15) is 33.6 Å². The maximum Gasteiger partial charge on any atom is 0.344 e. The first-order valence-corrected chi connectivity index (χ1v) is 8.95. The fraction of sp³-hybridized carbons (Fsp3) is 0.474. The molecule has 10 nitrogen and oxygen atoms in total. The molecule has 1 fully saturated rings. The molecule has 2 rings (SSSR count). The third kappa shape index (κ3) is 6.98. The first kappa shape index (κ1) is 22.0. The summed E-state index contributed by atoms with van der Waals surface area (Å²) in [5, 5.41) is 11.7. The summed E-state index contributed by atoms with van der Waals surface area (Å²) >= 11 is 0. The van der Waals surface area contributed by atoms with Crippen LogP contribution in [0.3, 0.4) is 0 Å². The second-order valence-corrected chi connectivity index (χ2v) is 7.27. The third-order valence-electron chi connectivity index (χ3n) is 3.66. The summed E-state index contributed by atoms with van der Waals surface area (Å²) in [7, 11) is 0. The summed E-state index contributed by atoms with van der Waals surface area (Å²) in [5.41, 5.74) is -0.194. The van der Waals surface area contributed by atoms with Gasteiger partial charge in [0.1, 0.15) is 5.60 Å². The molecule has 0 aliphatic carbocycles. The molecule has 1 aromatic rings. The summed E-state index contributed by atoms with van der Waals surface area (Å²) in [5.74, 6) is -2.06. The number of anilines is 1. The molecule has 1 heterocycles. The fourth-order valence-corrected chi connectivity index (χ4v) is 2.47. The zero-order chi connectivity index (χ0) is 21.6. The number of hydrogen-bond donors (Lipinski definition) is 2. The highest BCUT2D eigenvalue weighted by molar-refractivity contribution is 6.02. The number of carbonyl (C=O) groups is 4. The lowest BCUT2D eigenvalue weighted by Crippen LogP contribution is -2.33. The standard InChI is InChI=1S/C19H24N2O8/c1-19(2,3)29-18(26)10-28-14-8-12(4-5-13(14)27-9-17(24)25)20-11-21-15(22)6-7-16(21)23/h4-5,8,20H,6-7,9-11H2,1-3H3,(H,24,25). The molecule has 158 valence electrons. The summed E-state index contributed by atoms with van der Waals surface area (Å²) < 4.78 is 15.8. The predicted molar refractivity (Wildman–Crippen MR) is 100 cm³/mol. The second kappa shape index (κ2) is 9.26. The summed E-state index contributed by atoms with van der Waals surface area (Å²) in [6.45, 7) is 4.14. The summed E-state index contributed by atoms with van der Waals surface area (Å²) in [4.78, 5) is 47.1. The van der Waals surface area contributed by atoms with Crippen LogP contribution in [0.2, 0.25) is 0 Å². The van der Waals surface area contributed by atoms with E-state index in [4.69, 9.17) is 19.3 Å². The number of ether oxygens (including phenoxy) is 3. The van der Waals surface area contributed by atoms with Crippen molar-refractivity contribution in [2.75, 3.05) is 25.2 Å². The number of imide groups is 1. The lowest BCUT2D eigenvalue weighted by molar-refractivity contribution is -0.157. The minimum absolute atomic E-state index is 0.0154. The zero-order valence-corrected chi connectivity index (χ0v) is 16.5. The van der Waals surface area contributed by atoms with E-state index >= 15 is 0 Å². The van der Waals surface area contributed by atoms with Crippen LogP contribution in [-0.4, -0.2) is 59.2 Å². The van der Waals surface area contributed by atoms with Crippen LogP contribution < -0.4 is 14.8 Å². The highest BCUT2D eigenvalue weighted by atomic mass is 16.6. The minimum Gasteiger partial charge on any atom is -0.479 e. The van der Waals surface area contributed by atoms with Gasteiger partial charge in [-0.3, -0.25) is 14.5 Å². The molecule has 1 aliphatic rings. The van der Waals surface area contributed by atoms with Crippen LogP contribution in [0.15, 0.2) is 18.2 Å². The Morgan fingerprint density at radius 1 is 1.07 bits per heavy atom. The van der Waals surface area contributed by atoms with Crippen LogP contribution in [0.4, 0.5) is 5.69 Å². The Morgan fingerprint density at radius 3 is 2.28 bits per heavy atom. The molecule has 2 N–H and O–H groups in total. The van der Waals surface area contributed by atoms with E-state index in [2.05, 4.69) is 5.32 Å². The maximum absolute atomic E-state index is 11.9. The number of nitrogens with one attached hydrogen (secondary N) is 1. The number of carboxylic acids is 1. The Hall–Kier alpha value is -3.30. The molecule has 0 aromatic heterocycles. The van der Waals surface area contributed by atoms with E-state index in [1.165, 1.54) is 12.1 Å². The van der Waals surface area contributed by atoms with Crippen molar-refractivity contribution in [3.63, 3.8) is 0 Å². The molecule has 0 spiro atoms. The van der Waals surface area contributed by atoms with Crippen LogP contribution >= 0.6 is 0 Å². The first-order valence-electron chi connectivity index (χ1n) is 8.95. The number of benzene rings is 1. The van der Waals surface area contributed by atoms with Gasteiger partial charge in [0.05, 0.1) is 6.67 Å². The third-order valence-corrected chi connectivity index (χ3v) is 3.66. The van der Waals surface area contributed by atoms with Crippen molar-refractivity contribution in [1.82, 2.24) is 4.90 Å². The van der Waals surface area contributed by atoms with Gasteiger partial charge in [0, 0.05) is 24.6 Å². The van der Waals surface area contributed by atoms with Gasteiger partial charge < -0.3 is 24.6 Å². The lowest BCUT2D eigenvalue weighted by Gasteiger charge is -2.20. The van der Waals surface area contributed by atoms with E-state index in [0.29, 0.717) is 5.69 Å². The van der Waals surface area contributed by atoms with Crippen LogP contribution in [0.5, 0.6) is 11.5 Å². The Morgan fingerprint density at radius 2 is 1.69 bits per heavy atom. The Balaban J connectivity index is 2.08. The molecule has 1 saturated heterocycles. The SMILES string of the molecule is CC(C)(C)OC(=O)COc1cc(NCN2C(=O)CCC2=O)ccc1OCC(=O)O. The van der Waals surface area contributed by atoms with Gasteiger partial charge in [-0.25, -0.2) is 9.59 Å². The predicted octanol–water partition coefficient (Wildman–Crippen LogP) is 1.39. The lowest BCUT2D eigenvalue weighted by atomic mass is 10.2. The number of carboxylic acid groups (broad SMARTS) is 1. The molecule has 0 atom stereocenters. The molecule has 2 amide bonds. The molecule has 0 radical (unpaired) electrons. The van der Waals surface area contributed by atoms with E-state index < -0.39 is 30.8 Å². The van der Waals surface area contributed by atoms with Gasteiger partial charge in [-0.05, 0) is 32.9 Å². The zero-order valence-electron chi connectivity index (χ0n) is 16.5. The van der Waals surface area contributed by atoms with E-state index in [1.54, 1.807) is 26.8 Å². The molecular weight excluding hydrogens is 384 g/mol. The molecule has 29 heavy (non-hydrogen) atoms. The van der Waals surface area contributed by atoms with Crippen molar-refractivity contribution >= 4 is 29.4 Å². The number of hydrogen-bond acceptors (Lipinski definition) is 8. The quantitative estimate of drug-likeness (QED) is 0.459. The molecule has 1 aromatic carbocycles. The van der Waals surface area contributed by atoms with Crippen molar-refractivity contribution in [3.8, 4) is 11.5 Å². The second-order valence-electron chi connectivity index (χ2n) is 7.27.